The van der Waals surface area contributed by atoms with E-state index in [2.05, 4.69) is 60.7 Å². The Balaban J connectivity index is 0.000000980. The molecule has 0 aliphatic carbocycles. The van der Waals surface area contributed by atoms with Crippen molar-refractivity contribution in [2.75, 3.05) is 0 Å². The average Bonchev–Trinajstić information content (AvgIpc) is 2.21. The molecule has 0 bridgehead atoms. The van der Waals surface area contributed by atoms with Crippen molar-refractivity contribution in [2.45, 2.75) is 0 Å². The van der Waals surface area contributed by atoms with E-state index in [1.807, 2.05) is 0 Å². The Morgan fingerprint density at radius 1 is 0.600 bits per heavy atom. The molecule has 0 unspecified atom stereocenters. The van der Waals surface area contributed by atoms with Crippen molar-refractivity contribution in [1.29, 1.82) is 0 Å². The van der Waals surface area contributed by atoms with Crippen LogP contribution >= 0.6 is 8.58 Å². The first kappa shape index (κ1) is 14.7. The predicted octanol–water partition coefficient (Wildman–Crippen LogP) is 0.862. The zero-order valence-corrected chi connectivity index (χ0v) is 10.1. The van der Waals surface area contributed by atoms with E-state index >= 15 is 0 Å². The Kier molecular flexibility index (Phi) is 7.83. The smallest absolute Gasteiger partial charge is 0 e. The second kappa shape index (κ2) is 7.97. The van der Waals surface area contributed by atoms with Crippen molar-refractivity contribution in [3.8, 4) is 0 Å². The van der Waals surface area contributed by atoms with Gasteiger partial charge in [0.05, 0.1) is 0 Å². The van der Waals surface area contributed by atoms with Crippen molar-refractivity contribution in [1.82, 2.24) is 0 Å². The average molecular weight is 325 g/mol. The second-order valence-corrected chi connectivity index (χ2v) is 4.26. The summed E-state index contributed by atoms with van der Waals surface area (Å²) < 4.78 is 0. The summed E-state index contributed by atoms with van der Waals surface area (Å²) in [6, 6.07) is 21.2. The van der Waals surface area contributed by atoms with Crippen LogP contribution in [0.3, 0.4) is 0 Å². The molecule has 3 heteroatoms. The van der Waals surface area contributed by atoms with E-state index in [0.29, 0.717) is 0 Å². The van der Waals surface area contributed by atoms with Gasteiger partial charge >= 0.3 is 0 Å². The molecule has 2 aromatic rings. The van der Waals surface area contributed by atoms with Crippen LogP contribution in [0.4, 0.5) is 0 Å². The zero-order valence-electron chi connectivity index (χ0n) is 7.59. The van der Waals surface area contributed by atoms with Crippen LogP contribution in [0.5, 0.6) is 0 Å². The first-order chi connectivity index (χ1) is 6.45. The molecule has 0 aliphatic rings. The summed E-state index contributed by atoms with van der Waals surface area (Å²) in [6.45, 7) is 0. The molecule has 0 radical (unpaired) electrons. The molecule has 0 saturated heterocycles. The second-order valence-electron chi connectivity index (χ2n) is 2.86. The van der Waals surface area contributed by atoms with Crippen LogP contribution in [-0.4, -0.2) is 11.0 Å². The fraction of sp³-hybridized carbons (Fsp3) is 0. The largest absolute Gasteiger partial charge is 0.0622 e. The van der Waals surface area contributed by atoms with Gasteiger partial charge in [0.1, 0.15) is 0 Å². The van der Waals surface area contributed by atoms with Crippen LogP contribution in [0.2, 0.25) is 0 Å². The first-order valence-electron chi connectivity index (χ1n) is 4.32. The molecule has 0 spiro atoms. The minimum Gasteiger partial charge on any atom is -0.0622 e. The van der Waals surface area contributed by atoms with E-state index in [1.54, 1.807) is 0 Å². The normalized spacial score (nSPS) is 8.53. The first-order valence-corrected chi connectivity index (χ1v) is 5.32. The Bertz CT molecular complexity index is 326. The maximum Gasteiger partial charge on any atom is 0 e. The summed E-state index contributed by atoms with van der Waals surface area (Å²) in [5.41, 5.74) is 0. The van der Waals surface area contributed by atoms with Gasteiger partial charge in [0, 0.05) is 20.4 Å². The molecule has 0 fully saturated rings. The van der Waals surface area contributed by atoms with Gasteiger partial charge in [-0.3, -0.25) is 0 Å². The molecule has 0 saturated carbocycles. The van der Waals surface area contributed by atoms with Crippen molar-refractivity contribution in [2.24, 2.45) is 0 Å². The van der Waals surface area contributed by atoms with Gasteiger partial charge in [-0.2, -0.15) is 0 Å². The van der Waals surface area contributed by atoms with E-state index < -0.39 is 0 Å². The molecule has 0 N–H and O–H groups in total. The predicted molar refractivity (Wildman–Crippen MR) is 71.8 cm³/mol. The van der Waals surface area contributed by atoms with Gasteiger partial charge in [-0.25, -0.2) is 0 Å². The fourth-order valence-electron chi connectivity index (χ4n) is 1.21. The Labute approximate surface area is 111 Å². The molecule has 2 aromatic carbocycles. The van der Waals surface area contributed by atoms with Gasteiger partial charge in [-0.15, -0.1) is 0 Å². The Morgan fingerprint density at radius 2 is 0.933 bits per heavy atom. The summed E-state index contributed by atoms with van der Waals surface area (Å²) in [5.74, 6) is 0. The third-order valence-electron chi connectivity index (χ3n) is 1.84. The summed E-state index contributed by atoms with van der Waals surface area (Å²) in [6.07, 6.45) is 0. The van der Waals surface area contributed by atoms with Crippen molar-refractivity contribution in [3.05, 3.63) is 60.7 Å². The quantitative estimate of drug-likeness (QED) is 0.568. The molecule has 0 atom stereocenters. The SMILES string of the molecule is [Pd].[SiH4].c1ccc(Pc2ccccc2)cc1. The van der Waals surface area contributed by atoms with Gasteiger partial charge < -0.3 is 0 Å². The molecule has 2 rings (SSSR count). The summed E-state index contributed by atoms with van der Waals surface area (Å²) in [5, 5.41) is 2.79. The standard InChI is InChI=1S/C12H11P.Pd.H4Si/c1-3-7-11(8-4-1)13-12-9-5-2-6-10-12;;/h1-10,13H;;1H4. The van der Waals surface area contributed by atoms with E-state index in [1.165, 1.54) is 10.6 Å². The van der Waals surface area contributed by atoms with Crippen LogP contribution < -0.4 is 10.6 Å². The Morgan fingerprint density at radius 3 is 1.27 bits per heavy atom. The van der Waals surface area contributed by atoms with Crippen LogP contribution in [0.25, 0.3) is 0 Å². The molecule has 0 aliphatic heterocycles. The fourth-order valence-corrected chi connectivity index (χ4v) is 2.26. The minimum atomic E-state index is 0. The molecule has 0 nitrogen and oxygen atoms in total. The van der Waals surface area contributed by atoms with E-state index in [9.17, 15) is 0 Å². The van der Waals surface area contributed by atoms with Crippen LogP contribution in [0, 0.1) is 0 Å². The number of rotatable bonds is 2. The summed E-state index contributed by atoms with van der Waals surface area (Å²) in [4.78, 5) is 0. The van der Waals surface area contributed by atoms with Crippen molar-refractivity contribution < 1.29 is 20.4 Å². The van der Waals surface area contributed by atoms with Gasteiger partial charge in [0.2, 0.25) is 0 Å². The number of hydrogen-bond acceptors (Lipinski definition) is 0. The van der Waals surface area contributed by atoms with Gasteiger partial charge in [0.25, 0.3) is 0 Å². The topological polar surface area (TPSA) is 0 Å². The Hall–Kier alpha value is -0.251. The third-order valence-corrected chi connectivity index (χ3v) is 3.08. The monoisotopic (exact) mass is 324 g/mol. The molecule has 0 amide bonds. The maximum atomic E-state index is 2.17. The zero-order chi connectivity index (χ0) is 8.93. The van der Waals surface area contributed by atoms with Crippen LogP contribution in [-0.2, 0) is 20.4 Å². The maximum absolute atomic E-state index is 2.17. The third kappa shape index (κ3) is 4.87. The molecule has 0 heterocycles. The molecular formula is C12H15PPdSi. The van der Waals surface area contributed by atoms with E-state index in [0.717, 1.165) is 8.58 Å². The molecule has 15 heavy (non-hydrogen) atoms. The van der Waals surface area contributed by atoms with E-state index in [4.69, 9.17) is 0 Å². The summed E-state index contributed by atoms with van der Waals surface area (Å²) >= 11 is 0. The molecular weight excluding hydrogens is 310 g/mol. The van der Waals surface area contributed by atoms with Crippen LogP contribution in [0.15, 0.2) is 60.7 Å². The van der Waals surface area contributed by atoms with Crippen molar-refractivity contribution >= 4 is 30.2 Å². The molecule has 82 valence electrons. The number of benzene rings is 2. The number of hydrogen-bond donors (Lipinski definition) is 0. The van der Waals surface area contributed by atoms with Gasteiger partial charge in [-0.1, -0.05) is 69.2 Å². The van der Waals surface area contributed by atoms with Crippen molar-refractivity contribution in [3.63, 3.8) is 0 Å². The minimum absolute atomic E-state index is 0. The van der Waals surface area contributed by atoms with Gasteiger partial charge in [-0.05, 0) is 21.6 Å². The van der Waals surface area contributed by atoms with E-state index in [-0.39, 0.29) is 31.4 Å². The molecule has 0 aromatic heterocycles. The van der Waals surface area contributed by atoms with Gasteiger partial charge in [0.15, 0.2) is 0 Å². The summed E-state index contributed by atoms with van der Waals surface area (Å²) in [7, 11) is 0.777. The van der Waals surface area contributed by atoms with Crippen LogP contribution in [0.1, 0.15) is 0 Å².